The minimum absolute atomic E-state index is 0.0205. The molecular weight excluding hydrogens is 434 g/mol. The second-order valence-corrected chi connectivity index (χ2v) is 9.38. The maximum Gasteiger partial charge on any atom is 0.183 e. The molecule has 0 amide bonds. The number of rotatable bonds is 8. The number of methoxy groups -OCH3 is 1. The molecule has 1 atom stereocenters. The lowest BCUT2D eigenvalue weighted by Crippen LogP contribution is -2.38. The quantitative estimate of drug-likeness (QED) is 0.312. The molecule has 3 heterocycles. The third kappa shape index (κ3) is 5.42. The number of Topliss-reactive ketones (excluding diaryl/α,β-unsaturated/α-hetero) is 1. The van der Waals surface area contributed by atoms with Crippen molar-refractivity contribution >= 4 is 39.8 Å². The monoisotopic (exact) mass is 459 g/mol. The summed E-state index contributed by atoms with van der Waals surface area (Å²) in [5, 5.41) is 12.2. The number of ether oxygens (including phenoxy) is 2. The molecule has 3 aromatic rings. The van der Waals surface area contributed by atoms with Gasteiger partial charge in [-0.25, -0.2) is 9.97 Å². The first kappa shape index (κ1) is 22.2. The van der Waals surface area contributed by atoms with Gasteiger partial charge in [-0.05, 0) is 37.3 Å². The van der Waals surface area contributed by atoms with Gasteiger partial charge in [0.15, 0.2) is 5.78 Å². The minimum Gasteiger partial charge on any atom is -0.497 e. The van der Waals surface area contributed by atoms with Crippen LogP contribution in [-0.2, 0) is 4.74 Å². The predicted molar refractivity (Wildman–Crippen MR) is 122 cm³/mol. The van der Waals surface area contributed by atoms with Crippen LogP contribution in [0.1, 0.15) is 26.5 Å². The molecule has 1 aliphatic rings. The van der Waals surface area contributed by atoms with E-state index in [0.29, 0.717) is 30.5 Å². The third-order valence-electron chi connectivity index (χ3n) is 5.08. The van der Waals surface area contributed by atoms with E-state index in [-0.39, 0.29) is 11.5 Å². The van der Waals surface area contributed by atoms with Gasteiger partial charge in [0.25, 0.3) is 0 Å². The van der Waals surface area contributed by atoms with E-state index in [2.05, 4.69) is 14.9 Å². The van der Waals surface area contributed by atoms with Crippen molar-refractivity contribution in [2.24, 2.45) is 0 Å². The SMILES string of the molecule is COc1ccc2nc(C)nc(SCC(=O)c3ccc(C(O)CN4CCOCC4)s3)c2c1. The van der Waals surface area contributed by atoms with Crippen molar-refractivity contribution in [3.05, 3.63) is 45.9 Å². The molecule has 0 spiro atoms. The number of nitrogens with zero attached hydrogens (tertiary/aromatic N) is 3. The van der Waals surface area contributed by atoms with Crippen molar-refractivity contribution in [2.45, 2.75) is 18.1 Å². The summed E-state index contributed by atoms with van der Waals surface area (Å²) >= 11 is 2.76. The second-order valence-electron chi connectivity index (χ2n) is 7.30. The smallest absolute Gasteiger partial charge is 0.183 e. The fourth-order valence-corrected chi connectivity index (χ4v) is 5.39. The lowest BCUT2D eigenvalue weighted by atomic mass is 10.2. The number of morpholine rings is 1. The zero-order valence-corrected chi connectivity index (χ0v) is 19.2. The number of carbonyl (C=O) groups excluding carboxylic acids is 1. The maximum absolute atomic E-state index is 12.8. The molecule has 1 unspecified atom stereocenters. The first-order chi connectivity index (χ1) is 15.0. The summed E-state index contributed by atoms with van der Waals surface area (Å²) in [6.45, 7) is 5.43. The van der Waals surface area contributed by atoms with Crippen LogP contribution in [0.5, 0.6) is 5.75 Å². The predicted octanol–water partition coefficient (Wildman–Crippen LogP) is 3.35. The summed E-state index contributed by atoms with van der Waals surface area (Å²) < 4.78 is 10.7. The van der Waals surface area contributed by atoms with Crippen LogP contribution in [0, 0.1) is 6.92 Å². The van der Waals surface area contributed by atoms with Crippen LogP contribution in [0.3, 0.4) is 0 Å². The molecule has 164 valence electrons. The molecule has 4 rings (SSSR count). The standard InChI is InChI=1S/C22H25N3O4S2/c1-14-23-17-4-3-15(28-2)11-16(17)22(24-14)30-13-19(27)21-6-5-20(31-21)18(26)12-25-7-9-29-10-8-25/h3-6,11,18,26H,7-10,12-13H2,1-2H3. The van der Waals surface area contributed by atoms with Crippen LogP contribution in [0.4, 0.5) is 0 Å². The largest absolute Gasteiger partial charge is 0.497 e. The zero-order valence-electron chi connectivity index (χ0n) is 17.5. The second kappa shape index (κ2) is 10.1. The van der Waals surface area contributed by atoms with Crippen molar-refractivity contribution in [2.75, 3.05) is 45.7 Å². The highest BCUT2D eigenvalue weighted by Crippen LogP contribution is 2.30. The van der Waals surface area contributed by atoms with Crippen molar-refractivity contribution in [3.8, 4) is 5.75 Å². The van der Waals surface area contributed by atoms with Gasteiger partial charge in [-0.3, -0.25) is 9.69 Å². The average molecular weight is 460 g/mol. The van der Waals surface area contributed by atoms with Crippen LogP contribution in [0.2, 0.25) is 0 Å². The molecule has 1 N–H and O–H groups in total. The highest BCUT2D eigenvalue weighted by molar-refractivity contribution is 8.00. The summed E-state index contributed by atoms with van der Waals surface area (Å²) in [4.78, 5) is 25.4. The number of fused-ring (bicyclic) bond motifs is 1. The first-order valence-corrected chi connectivity index (χ1v) is 11.9. The van der Waals surface area contributed by atoms with Crippen LogP contribution in [-0.4, -0.2) is 71.5 Å². The molecule has 0 aliphatic carbocycles. The Hall–Kier alpha value is -2.04. The summed E-state index contributed by atoms with van der Waals surface area (Å²) in [5.41, 5.74) is 0.827. The van der Waals surface area contributed by atoms with E-state index in [4.69, 9.17) is 9.47 Å². The average Bonchev–Trinajstić information content (AvgIpc) is 3.28. The number of aromatic nitrogens is 2. The van der Waals surface area contributed by atoms with Crippen molar-refractivity contribution in [1.29, 1.82) is 0 Å². The van der Waals surface area contributed by atoms with Gasteiger partial charge in [0, 0.05) is 29.9 Å². The summed E-state index contributed by atoms with van der Waals surface area (Å²) in [6, 6.07) is 9.31. The van der Waals surface area contributed by atoms with Gasteiger partial charge in [-0.15, -0.1) is 11.3 Å². The molecule has 0 saturated carbocycles. The summed E-state index contributed by atoms with van der Waals surface area (Å²) in [5.74, 6) is 1.68. The van der Waals surface area contributed by atoms with E-state index >= 15 is 0 Å². The highest BCUT2D eigenvalue weighted by atomic mass is 32.2. The van der Waals surface area contributed by atoms with Crippen LogP contribution < -0.4 is 4.74 Å². The van der Waals surface area contributed by atoms with Gasteiger partial charge >= 0.3 is 0 Å². The Balaban J connectivity index is 1.42. The Morgan fingerprint density at radius 3 is 2.87 bits per heavy atom. The fraction of sp³-hybridized carbons (Fsp3) is 0.409. The molecule has 2 aromatic heterocycles. The number of aliphatic hydroxyl groups is 1. The molecule has 0 radical (unpaired) electrons. The Labute approximate surface area is 189 Å². The Morgan fingerprint density at radius 2 is 2.10 bits per heavy atom. The van der Waals surface area contributed by atoms with Crippen LogP contribution in [0.25, 0.3) is 10.9 Å². The van der Waals surface area contributed by atoms with E-state index in [1.165, 1.54) is 23.1 Å². The normalized spacial score (nSPS) is 15.8. The molecular formula is C22H25N3O4S2. The molecule has 0 bridgehead atoms. The van der Waals surface area contributed by atoms with Gasteiger partial charge < -0.3 is 14.6 Å². The molecule has 1 aromatic carbocycles. The molecule has 7 nitrogen and oxygen atoms in total. The van der Waals surface area contributed by atoms with Gasteiger partial charge in [-0.2, -0.15) is 0 Å². The number of hydrogen-bond acceptors (Lipinski definition) is 9. The summed E-state index contributed by atoms with van der Waals surface area (Å²) in [6.07, 6.45) is -0.599. The number of thioether (sulfide) groups is 1. The zero-order chi connectivity index (χ0) is 21.8. The Morgan fingerprint density at radius 1 is 1.29 bits per heavy atom. The van der Waals surface area contributed by atoms with Gasteiger partial charge in [-0.1, -0.05) is 11.8 Å². The Kier molecular flexibility index (Phi) is 7.19. The number of aliphatic hydroxyl groups excluding tert-OH is 1. The summed E-state index contributed by atoms with van der Waals surface area (Å²) in [7, 11) is 1.62. The first-order valence-electron chi connectivity index (χ1n) is 10.1. The van der Waals surface area contributed by atoms with Crippen molar-refractivity contribution < 1.29 is 19.4 Å². The Bertz CT molecular complexity index is 1070. The van der Waals surface area contributed by atoms with Crippen LogP contribution in [0.15, 0.2) is 35.4 Å². The molecule has 1 aliphatic heterocycles. The number of aryl methyl sites for hydroxylation is 1. The van der Waals surface area contributed by atoms with E-state index in [1.54, 1.807) is 13.2 Å². The lowest BCUT2D eigenvalue weighted by Gasteiger charge is -2.28. The molecule has 1 saturated heterocycles. The van der Waals surface area contributed by atoms with Gasteiger partial charge in [0.05, 0.1) is 36.5 Å². The van der Waals surface area contributed by atoms with E-state index < -0.39 is 6.10 Å². The lowest BCUT2D eigenvalue weighted by molar-refractivity contribution is 0.0150. The number of carbonyl (C=O) groups is 1. The van der Waals surface area contributed by atoms with E-state index in [1.807, 2.05) is 31.2 Å². The fourth-order valence-electron chi connectivity index (χ4n) is 3.43. The molecule has 31 heavy (non-hydrogen) atoms. The molecule has 1 fully saturated rings. The number of ketones is 1. The number of benzene rings is 1. The van der Waals surface area contributed by atoms with Gasteiger partial charge in [0.1, 0.15) is 22.7 Å². The van der Waals surface area contributed by atoms with E-state index in [9.17, 15) is 9.90 Å². The van der Waals surface area contributed by atoms with Crippen molar-refractivity contribution in [3.63, 3.8) is 0 Å². The third-order valence-corrected chi connectivity index (χ3v) is 7.30. The topological polar surface area (TPSA) is 84.8 Å². The molecule has 9 heteroatoms. The maximum atomic E-state index is 12.8. The van der Waals surface area contributed by atoms with Gasteiger partial charge in [0.2, 0.25) is 0 Å². The van der Waals surface area contributed by atoms with E-state index in [0.717, 1.165) is 39.6 Å². The number of hydrogen-bond donors (Lipinski definition) is 1. The minimum atomic E-state index is -0.599. The number of β-amino-alcohol motifs (C(OH)–C–C–N with tert-alkyl or cyclic N) is 1. The van der Waals surface area contributed by atoms with Crippen LogP contribution >= 0.6 is 23.1 Å². The van der Waals surface area contributed by atoms with Crippen molar-refractivity contribution in [1.82, 2.24) is 14.9 Å². The number of thiophene rings is 1. The highest BCUT2D eigenvalue weighted by Gasteiger charge is 2.19.